The largest absolute Gasteiger partial charge is 0.200 e. The van der Waals surface area contributed by atoms with Gasteiger partial charge in [0.1, 0.15) is 0 Å². The van der Waals surface area contributed by atoms with Crippen molar-refractivity contribution in [3.8, 4) is 0 Å². The van der Waals surface area contributed by atoms with Crippen molar-refractivity contribution < 1.29 is 0 Å². The van der Waals surface area contributed by atoms with Gasteiger partial charge in [0.25, 0.3) is 0 Å². The van der Waals surface area contributed by atoms with Crippen LogP contribution in [0.3, 0.4) is 0 Å². The average molecular weight is 228 g/mol. The molecule has 2 rings (SSSR count). The van der Waals surface area contributed by atoms with Gasteiger partial charge in [-0.1, -0.05) is 15.9 Å². The van der Waals surface area contributed by atoms with E-state index in [4.69, 9.17) is 0 Å². The molecule has 1 aromatic carbocycles. The van der Waals surface area contributed by atoms with Gasteiger partial charge in [-0.15, -0.1) is 0 Å². The van der Waals surface area contributed by atoms with Crippen LogP contribution in [0.15, 0.2) is 22.8 Å². The minimum absolute atomic E-state index is 1.16. The van der Waals surface area contributed by atoms with E-state index in [0.717, 1.165) is 4.47 Å². The molecule has 0 N–H and O–H groups in total. The highest BCUT2D eigenvalue weighted by molar-refractivity contribution is 9.10. The number of rotatable bonds is 0. The highest BCUT2D eigenvalue weighted by Gasteiger charge is 2.01. The number of fused-ring (bicyclic) bond motifs is 1. The molecule has 11 heavy (non-hydrogen) atoms. The van der Waals surface area contributed by atoms with Gasteiger partial charge in [-0.3, -0.25) is 0 Å². The van der Waals surface area contributed by atoms with Crippen LogP contribution in [0.4, 0.5) is 0 Å². The third-order valence-corrected chi connectivity index (χ3v) is 3.36. The Kier molecular flexibility index (Phi) is 1.69. The lowest BCUT2D eigenvalue weighted by atomic mass is 10.2. The fraction of sp³-hybridized carbons (Fsp3) is 0.125. The maximum Gasteiger partial charge on any atom is 0.0553 e. The first-order valence-electron chi connectivity index (χ1n) is 3.28. The molecule has 0 amide bonds. The van der Waals surface area contributed by atoms with Gasteiger partial charge < -0.3 is 0 Å². The Morgan fingerprint density at radius 1 is 1.45 bits per heavy atom. The van der Waals surface area contributed by atoms with Crippen LogP contribution in [-0.4, -0.2) is 4.37 Å². The van der Waals surface area contributed by atoms with Crippen LogP contribution < -0.4 is 0 Å². The smallest absolute Gasteiger partial charge is 0.0553 e. The van der Waals surface area contributed by atoms with Gasteiger partial charge in [0, 0.05) is 16.1 Å². The van der Waals surface area contributed by atoms with Crippen molar-refractivity contribution >= 4 is 37.5 Å². The second-order valence-corrected chi connectivity index (χ2v) is 4.10. The van der Waals surface area contributed by atoms with Crippen LogP contribution in [0.1, 0.15) is 5.56 Å². The van der Waals surface area contributed by atoms with E-state index in [1.807, 2.05) is 6.20 Å². The zero-order valence-corrected chi connectivity index (χ0v) is 8.37. The van der Waals surface area contributed by atoms with Crippen molar-refractivity contribution in [3.05, 3.63) is 28.4 Å². The monoisotopic (exact) mass is 227 g/mol. The maximum atomic E-state index is 4.12. The molecule has 0 aliphatic rings. The van der Waals surface area contributed by atoms with E-state index in [-0.39, 0.29) is 0 Å². The Morgan fingerprint density at radius 3 is 3.09 bits per heavy atom. The molecule has 0 saturated carbocycles. The fourth-order valence-corrected chi connectivity index (χ4v) is 2.10. The predicted molar refractivity (Wildman–Crippen MR) is 52.1 cm³/mol. The van der Waals surface area contributed by atoms with Gasteiger partial charge in [0.05, 0.1) is 4.70 Å². The Bertz CT molecular complexity index is 394. The summed E-state index contributed by atoms with van der Waals surface area (Å²) < 4.78 is 6.54. The molecule has 0 unspecified atom stereocenters. The number of aryl methyl sites for hydroxylation is 1. The van der Waals surface area contributed by atoms with Crippen molar-refractivity contribution in [2.24, 2.45) is 0 Å². The Morgan fingerprint density at radius 2 is 2.27 bits per heavy atom. The summed E-state index contributed by atoms with van der Waals surface area (Å²) >= 11 is 5.02. The van der Waals surface area contributed by atoms with E-state index in [9.17, 15) is 0 Å². The van der Waals surface area contributed by atoms with Crippen LogP contribution in [0.25, 0.3) is 10.1 Å². The standard InChI is InChI=1S/C8H6BrNS/c1-5-6-4-10-11-8(6)3-2-7(5)9/h2-4H,1H3. The Balaban J connectivity index is 2.93. The number of aromatic nitrogens is 1. The molecule has 56 valence electrons. The molecule has 0 aliphatic heterocycles. The fourth-order valence-electron chi connectivity index (χ4n) is 1.05. The van der Waals surface area contributed by atoms with E-state index >= 15 is 0 Å². The van der Waals surface area contributed by atoms with E-state index in [1.54, 1.807) is 0 Å². The van der Waals surface area contributed by atoms with E-state index in [1.165, 1.54) is 27.2 Å². The Hall–Kier alpha value is -0.410. The molecule has 0 spiro atoms. The molecule has 1 aromatic heterocycles. The summed E-state index contributed by atoms with van der Waals surface area (Å²) in [5.74, 6) is 0. The summed E-state index contributed by atoms with van der Waals surface area (Å²) in [5, 5.41) is 1.25. The second-order valence-electron chi connectivity index (χ2n) is 2.41. The molecule has 2 aromatic rings. The summed E-state index contributed by atoms with van der Waals surface area (Å²) in [4.78, 5) is 0. The van der Waals surface area contributed by atoms with Gasteiger partial charge in [-0.25, -0.2) is 0 Å². The van der Waals surface area contributed by atoms with E-state index in [2.05, 4.69) is 39.4 Å². The van der Waals surface area contributed by atoms with Crippen molar-refractivity contribution in [2.75, 3.05) is 0 Å². The lowest BCUT2D eigenvalue weighted by molar-refractivity contribution is 1.48. The molecule has 0 atom stereocenters. The molecular formula is C8H6BrNS. The number of nitrogens with zero attached hydrogens (tertiary/aromatic N) is 1. The lowest BCUT2D eigenvalue weighted by Gasteiger charge is -1.96. The minimum atomic E-state index is 1.16. The first kappa shape index (κ1) is 7.25. The van der Waals surface area contributed by atoms with Gasteiger partial charge >= 0.3 is 0 Å². The average Bonchev–Trinajstić information content (AvgIpc) is 2.45. The Labute approximate surface area is 77.3 Å². The maximum absolute atomic E-state index is 4.12. The summed E-state index contributed by atoms with van der Waals surface area (Å²) in [5.41, 5.74) is 1.27. The van der Waals surface area contributed by atoms with Gasteiger partial charge in [0.15, 0.2) is 0 Å². The van der Waals surface area contributed by atoms with Crippen molar-refractivity contribution in [1.29, 1.82) is 0 Å². The number of benzene rings is 1. The first-order valence-corrected chi connectivity index (χ1v) is 4.85. The molecule has 0 saturated heterocycles. The number of hydrogen-bond acceptors (Lipinski definition) is 2. The van der Waals surface area contributed by atoms with Crippen LogP contribution in [0, 0.1) is 6.92 Å². The van der Waals surface area contributed by atoms with Gasteiger partial charge in [-0.05, 0) is 36.2 Å². The molecule has 1 heterocycles. The second kappa shape index (κ2) is 2.57. The summed E-state index contributed by atoms with van der Waals surface area (Å²) in [6, 6.07) is 4.15. The van der Waals surface area contributed by atoms with Crippen LogP contribution in [0.2, 0.25) is 0 Å². The van der Waals surface area contributed by atoms with Crippen molar-refractivity contribution in [3.63, 3.8) is 0 Å². The highest BCUT2D eigenvalue weighted by atomic mass is 79.9. The quantitative estimate of drug-likeness (QED) is 0.673. The normalized spacial score (nSPS) is 10.7. The topological polar surface area (TPSA) is 12.9 Å². The predicted octanol–water partition coefficient (Wildman–Crippen LogP) is 3.37. The number of halogens is 1. The van der Waals surface area contributed by atoms with Gasteiger partial charge in [0.2, 0.25) is 0 Å². The molecular weight excluding hydrogens is 222 g/mol. The third-order valence-electron chi connectivity index (χ3n) is 1.74. The zero-order chi connectivity index (χ0) is 7.84. The summed E-state index contributed by atoms with van der Waals surface area (Å²) in [6.45, 7) is 2.10. The summed E-state index contributed by atoms with van der Waals surface area (Å²) in [6.07, 6.45) is 1.92. The van der Waals surface area contributed by atoms with Crippen LogP contribution in [-0.2, 0) is 0 Å². The van der Waals surface area contributed by atoms with Crippen molar-refractivity contribution in [2.45, 2.75) is 6.92 Å². The van der Waals surface area contributed by atoms with Crippen LogP contribution in [0.5, 0.6) is 0 Å². The first-order chi connectivity index (χ1) is 5.29. The lowest BCUT2D eigenvalue weighted by Crippen LogP contribution is -1.74. The number of hydrogen-bond donors (Lipinski definition) is 0. The van der Waals surface area contributed by atoms with E-state index < -0.39 is 0 Å². The third kappa shape index (κ3) is 1.08. The molecule has 3 heteroatoms. The van der Waals surface area contributed by atoms with Crippen LogP contribution >= 0.6 is 27.5 Å². The van der Waals surface area contributed by atoms with Crippen molar-refractivity contribution in [1.82, 2.24) is 4.37 Å². The highest BCUT2D eigenvalue weighted by Crippen LogP contribution is 2.27. The summed E-state index contributed by atoms with van der Waals surface area (Å²) in [7, 11) is 0. The molecule has 1 nitrogen and oxygen atoms in total. The molecule has 0 bridgehead atoms. The molecule has 0 fully saturated rings. The molecule has 0 radical (unpaired) electrons. The van der Waals surface area contributed by atoms with E-state index in [0.29, 0.717) is 0 Å². The molecule has 0 aliphatic carbocycles. The SMILES string of the molecule is Cc1c(Br)ccc2sncc12. The zero-order valence-electron chi connectivity index (χ0n) is 5.97. The van der Waals surface area contributed by atoms with Gasteiger partial charge in [-0.2, -0.15) is 4.37 Å². The minimum Gasteiger partial charge on any atom is -0.200 e.